The summed E-state index contributed by atoms with van der Waals surface area (Å²) in [4.78, 5) is 5.47. The van der Waals surface area contributed by atoms with Crippen molar-refractivity contribution >= 4 is 57.2 Å². The normalized spacial score (nSPS) is 19.9. The van der Waals surface area contributed by atoms with Gasteiger partial charge in [-0.1, -0.05) is 189 Å². The van der Waals surface area contributed by atoms with Gasteiger partial charge in [0.05, 0.1) is 5.69 Å². The first-order valence-corrected chi connectivity index (χ1v) is 27.3. The van der Waals surface area contributed by atoms with Gasteiger partial charge in [0.25, 0.3) is 6.71 Å². The average molecular weight is 945 g/mol. The van der Waals surface area contributed by atoms with E-state index in [1.807, 2.05) is 0 Å². The second-order valence-corrected chi connectivity index (χ2v) is 27.9. The summed E-state index contributed by atoms with van der Waals surface area (Å²) in [5.74, 6) is 0. The van der Waals surface area contributed by atoms with E-state index in [0.29, 0.717) is 0 Å². The van der Waals surface area contributed by atoms with Gasteiger partial charge >= 0.3 is 0 Å². The fourth-order valence-corrected chi connectivity index (χ4v) is 14.6. The van der Waals surface area contributed by atoms with E-state index in [1.165, 1.54) is 137 Å². The molecule has 0 fully saturated rings. The molecule has 2 aliphatic heterocycles. The summed E-state index contributed by atoms with van der Waals surface area (Å²) in [6.45, 7) is 37.1. The smallest absolute Gasteiger partial charge is 0.252 e. The van der Waals surface area contributed by atoms with Gasteiger partial charge in [-0.25, -0.2) is 0 Å². The molecule has 0 saturated carbocycles. The monoisotopic (exact) mass is 945 g/mol. The Bertz CT molecular complexity index is 3370. The molecule has 7 aromatic carbocycles. The third-order valence-electron chi connectivity index (χ3n) is 18.9. The number of benzene rings is 7. The highest BCUT2D eigenvalue weighted by Crippen LogP contribution is 2.56. The Morgan fingerprint density at radius 3 is 1.39 bits per heavy atom. The van der Waals surface area contributed by atoms with Gasteiger partial charge in [-0.15, -0.1) is 0 Å². The van der Waals surface area contributed by atoms with Crippen LogP contribution in [0.25, 0.3) is 22.3 Å². The average Bonchev–Trinajstić information content (AvgIpc) is 3.52. The highest BCUT2D eigenvalue weighted by molar-refractivity contribution is 7.00. The molecule has 0 saturated heterocycles. The van der Waals surface area contributed by atoms with E-state index in [1.54, 1.807) is 0 Å². The van der Waals surface area contributed by atoms with Crippen LogP contribution in [0.3, 0.4) is 0 Å². The number of rotatable bonds is 4. The van der Waals surface area contributed by atoms with Crippen LogP contribution in [0.2, 0.25) is 0 Å². The summed E-state index contributed by atoms with van der Waals surface area (Å²) in [6.07, 6.45) is 5.84. The Kier molecular flexibility index (Phi) is 10.1. The van der Waals surface area contributed by atoms with Crippen LogP contribution < -0.4 is 26.2 Å². The molecule has 5 aliphatic rings. The summed E-state index contributed by atoms with van der Waals surface area (Å²) in [6, 6.07) is 53.0. The highest BCUT2D eigenvalue weighted by atomic mass is 15.2. The summed E-state index contributed by atoms with van der Waals surface area (Å²) in [7, 11) is 0. The molecule has 366 valence electrons. The molecule has 0 N–H and O–H groups in total. The van der Waals surface area contributed by atoms with Crippen molar-refractivity contribution < 1.29 is 0 Å². The summed E-state index contributed by atoms with van der Waals surface area (Å²) >= 11 is 0. The molecule has 2 heterocycles. The second kappa shape index (κ2) is 15.4. The van der Waals surface area contributed by atoms with Gasteiger partial charge in [0.2, 0.25) is 0 Å². The van der Waals surface area contributed by atoms with Crippen molar-refractivity contribution in [3.63, 3.8) is 0 Å². The lowest BCUT2D eigenvalue weighted by molar-refractivity contribution is 0.332. The molecular formula is C69H77BN2. The lowest BCUT2D eigenvalue weighted by Gasteiger charge is -2.48. The van der Waals surface area contributed by atoms with Crippen molar-refractivity contribution in [2.45, 2.75) is 174 Å². The molecule has 3 heteroatoms. The Labute approximate surface area is 433 Å². The van der Waals surface area contributed by atoms with Gasteiger partial charge in [0.1, 0.15) is 0 Å². The maximum Gasteiger partial charge on any atom is 0.252 e. The quantitative estimate of drug-likeness (QED) is 0.162. The standard InChI is InChI=1S/C69H77BN2/c1-63(2,3)46-35-60-62-61(36-46)72(57-29-26-45(43-22-18-16-19-23-43)34-48(57)44-24-20-17-21-25-44)59-41-54-52(68(12,13)42-69(54,14)15)39-56(59)70(62)55-38-51-53(67(10,11)33-32-66(51,8)9)40-58(55)71(60)47-27-28-49-50(37-47)65(6,7)31-30-64(49,4)5/h16-29,34-41H,30-33,42H2,1-15H3. The predicted molar refractivity (Wildman–Crippen MR) is 311 cm³/mol. The van der Waals surface area contributed by atoms with Gasteiger partial charge in [-0.2, -0.15) is 0 Å². The lowest BCUT2D eigenvalue weighted by Crippen LogP contribution is -2.62. The third-order valence-corrected chi connectivity index (χ3v) is 18.9. The minimum Gasteiger partial charge on any atom is -0.311 e. The van der Waals surface area contributed by atoms with E-state index in [0.717, 1.165) is 6.42 Å². The first-order valence-electron chi connectivity index (χ1n) is 27.3. The van der Waals surface area contributed by atoms with E-state index < -0.39 is 0 Å². The van der Waals surface area contributed by atoms with E-state index in [4.69, 9.17) is 0 Å². The SMILES string of the molecule is CC(C)(C)c1cc2c3c(c1)N(c1ccc(-c4ccccc4)cc1-c1ccccc1)c1cc4c(cc1B3c1cc3c(cc1N2c1ccc2c(c1)C(C)(C)CCC2(C)C)C(C)(C)CCC3(C)C)C(C)(C)CC4(C)C. The molecule has 0 radical (unpaired) electrons. The number of hydrogen-bond donors (Lipinski definition) is 0. The van der Waals surface area contributed by atoms with Crippen LogP contribution in [0.4, 0.5) is 34.1 Å². The molecule has 0 aromatic heterocycles. The van der Waals surface area contributed by atoms with Gasteiger partial charge in [-0.05, 0) is 191 Å². The van der Waals surface area contributed by atoms with E-state index >= 15 is 0 Å². The maximum absolute atomic E-state index is 2.75. The molecule has 0 spiro atoms. The molecule has 7 aromatic rings. The highest BCUT2D eigenvalue weighted by Gasteiger charge is 2.50. The fraction of sp³-hybridized carbons (Fsp3) is 0.391. The third kappa shape index (κ3) is 7.09. The first-order chi connectivity index (χ1) is 33.8. The van der Waals surface area contributed by atoms with Gasteiger partial charge < -0.3 is 9.80 Å². The van der Waals surface area contributed by atoms with Crippen molar-refractivity contribution in [1.82, 2.24) is 0 Å². The van der Waals surface area contributed by atoms with Crippen molar-refractivity contribution in [2.24, 2.45) is 0 Å². The molecule has 12 rings (SSSR count). The Balaban J connectivity index is 1.24. The largest absolute Gasteiger partial charge is 0.311 e. The number of anilines is 6. The van der Waals surface area contributed by atoms with Crippen molar-refractivity contribution in [2.75, 3.05) is 9.80 Å². The molecule has 0 amide bonds. The van der Waals surface area contributed by atoms with Crippen LogP contribution in [-0.2, 0) is 37.9 Å². The van der Waals surface area contributed by atoms with Gasteiger partial charge in [0, 0.05) is 34.0 Å². The van der Waals surface area contributed by atoms with Crippen LogP contribution in [0, 0.1) is 0 Å². The first kappa shape index (κ1) is 47.2. The fourth-order valence-electron chi connectivity index (χ4n) is 14.6. The minimum absolute atomic E-state index is 0.0163. The van der Waals surface area contributed by atoms with E-state index in [2.05, 4.69) is 247 Å². The Morgan fingerprint density at radius 2 is 0.833 bits per heavy atom. The molecule has 0 unspecified atom stereocenters. The Hall–Kier alpha value is -5.80. The maximum atomic E-state index is 2.75. The van der Waals surface area contributed by atoms with E-state index in [9.17, 15) is 0 Å². The molecular weight excluding hydrogens is 868 g/mol. The minimum atomic E-state index is -0.133. The van der Waals surface area contributed by atoms with Crippen molar-refractivity contribution in [3.05, 3.63) is 172 Å². The van der Waals surface area contributed by atoms with Gasteiger partial charge in [-0.3, -0.25) is 0 Å². The molecule has 0 bridgehead atoms. The summed E-state index contributed by atoms with van der Waals surface area (Å²) in [5, 5.41) is 0. The topological polar surface area (TPSA) is 6.48 Å². The predicted octanol–water partition coefficient (Wildman–Crippen LogP) is 17.1. The Morgan fingerprint density at radius 1 is 0.375 bits per heavy atom. The van der Waals surface area contributed by atoms with Crippen LogP contribution in [0.15, 0.2) is 133 Å². The van der Waals surface area contributed by atoms with Gasteiger partial charge in [0.15, 0.2) is 0 Å². The molecule has 3 aliphatic carbocycles. The zero-order valence-corrected chi connectivity index (χ0v) is 46.2. The van der Waals surface area contributed by atoms with Crippen LogP contribution in [0.5, 0.6) is 0 Å². The lowest BCUT2D eigenvalue weighted by atomic mass is 9.32. The molecule has 72 heavy (non-hydrogen) atoms. The van der Waals surface area contributed by atoms with Crippen molar-refractivity contribution in [1.29, 1.82) is 0 Å². The van der Waals surface area contributed by atoms with Crippen LogP contribution in [-0.4, -0.2) is 6.71 Å². The van der Waals surface area contributed by atoms with Crippen molar-refractivity contribution in [3.8, 4) is 22.3 Å². The number of fused-ring (bicyclic) bond motifs is 7. The van der Waals surface area contributed by atoms with E-state index in [-0.39, 0.29) is 44.6 Å². The number of hydrogen-bond acceptors (Lipinski definition) is 2. The van der Waals surface area contributed by atoms with Crippen LogP contribution in [0.1, 0.15) is 175 Å². The zero-order chi connectivity index (χ0) is 50.9. The summed E-state index contributed by atoms with van der Waals surface area (Å²) in [5.41, 5.74) is 27.5. The molecule has 2 nitrogen and oxygen atoms in total. The number of nitrogens with zero attached hydrogens (tertiary/aromatic N) is 2. The summed E-state index contributed by atoms with van der Waals surface area (Å²) < 4.78 is 0. The van der Waals surface area contributed by atoms with Crippen LogP contribution >= 0.6 is 0 Å². The molecule has 0 atom stereocenters. The zero-order valence-electron chi connectivity index (χ0n) is 46.2. The second-order valence-electron chi connectivity index (χ2n) is 27.9.